The molecule has 3 heterocycles. The van der Waals surface area contributed by atoms with E-state index in [2.05, 4.69) is 15.9 Å². The van der Waals surface area contributed by atoms with Gasteiger partial charge >= 0.3 is 0 Å². The molecular formula is C30H20BrN3O6. The predicted octanol–water partition coefficient (Wildman–Crippen LogP) is 4.74. The molecule has 0 aliphatic carbocycles. The first kappa shape index (κ1) is 25.6. The van der Waals surface area contributed by atoms with E-state index >= 15 is 0 Å². The van der Waals surface area contributed by atoms with Gasteiger partial charge in [-0.05, 0) is 30.3 Å². The Morgan fingerprint density at radius 2 is 1.48 bits per heavy atom. The van der Waals surface area contributed by atoms with Crippen molar-refractivity contribution in [3.8, 4) is 0 Å². The molecule has 0 N–H and O–H groups in total. The minimum atomic E-state index is -1.02. The molecule has 3 aliphatic rings. The smallest absolute Gasteiger partial charge is 0.269 e. The zero-order valence-electron chi connectivity index (χ0n) is 20.7. The Morgan fingerprint density at radius 1 is 0.825 bits per heavy atom. The number of nitrogens with zero attached hydrogens (tertiary/aromatic N) is 3. The number of ketones is 2. The molecule has 6 rings (SSSR count). The van der Waals surface area contributed by atoms with Gasteiger partial charge in [-0.1, -0.05) is 64.5 Å². The molecule has 0 bridgehead atoms. The lowest BCUT2D eigenvalue weighted by Crippen LogP contribution is -2.46. The van der Waals surface area contributed by atoms with Gasteiger partial charge in [0, 0.05) is 39.5 Å². The fourth-order valence-electron chi connectivity index (χ4n) is 5.72. The Bertz CT molecular complexity index is 1630. The van der Waals surface area contributed by atoms with Crippen molar-refractivity contribution in [2.24, 2.45) is 11.8 Å². The molecule has 0 aromatic heterocycles. The molecule has 3 aliphatic heterocycles. The van der Waals surface area contributed by atoms with Crippen molar-refractivity contribution in [1.82, 2.24) is 4.90 Å². The number of hydrogen-bond donors (Lipinski definition) is 0. The van der Waals surface area contributed by atoms with Crippen LogP contribution in [0.5, 0.6) is 0 Å². The van der Waals surface area contributed by atoms with E-state index in [4.69, 9.17) is 0 Å². The Labute approximate surface area is 236 Å². The molecule has 4 atom stereocenters. The lowest BCUT2D eigenvalue weighted by Gasteiger charge is -2.32. The summed E-state index contributed by atoms with van der Waals surface area (Å²) in [4.78, 5) is 68.1. The Kier molecular flexibility index (Phi) is 6.26. The number of allylic oxidation sites excluding steroid dienone is 2. The van der Waals surface area contributed by atoms with Crippen LogP contribution in [0.4, 0.5) is 11.4 Å². The number of carbonyl (C=O) groups is 4. The molecule has 198 valence electrons. The average Bonchev–Trinajstić information content (AvgIpc) is 3.44. The van der Waals surface area contributed by atoms with Gasteiger partial charge < -0.3 is 4.90 Å². The lowest BCUT2D eigenvalue weighted by atomic mass is 9.85. The second-order valence-electron chi connectivity index (χ2n) is 9.72. The van der Waals surface area contributed by atoms with Crippen LogP contribution in [0.3, 0.4) is 0 Å². The summed E-state index contributed by atoms with van der Waals surface area (Å²) in [7, 11) is 0. The topological polar surface area (TPSA) is 118 Å². The number of nitro groups is 1. The van der Waals surface area contributed by atoms with Crippen molar-refractivity contribution in [3.63, 3.8) is 0 Å². The molecule has 10 heteroatoms. The van der Waals surface area contributed by atoms with Crippen LogP contribution in [-0.2, 0) is 9.59 Å². The Morgan fingerprint density at radius 3 is 2.12 bits per heavy atom. The van der Waals surface area contributed by atoms with E-state index < -0.39 is 40.7 Å². The number of halogens is 1. The zero-order valence-corrected chi connectivity index (χ0v) is 22.3. The van der Waals surface area contributed by atoms with Crippen molar-refractivity contribution in [3.05, 3.63) is 129 Å². The molecule has 0 unspecified atom stereocenters. The quantitative estimate of drug-likeness (QED) is 0.174. The highest BCUT2D eigenvalue weighted by Gasteiger charge is 2.63. The van der Waals surface area contributed by atoms with Gasteiger partial charge in [-0.15, -0.1) is 0 Å². The van der Waals surface area contributed by atoms with Crippen molar-refractivity contribution < 1.29 is 24.1 Å². The van der Waals surface area contributed by atoms with Crippen LogP contribution in [0, 0.1) is 22.0 Å². The van der Waals surface area contributed by atoms with Crippen LogP contribution >= 0.6 is 15.9 Å². The third kappa shape index (κ3) is 4.08. The molecule has 2 amide bonds. The summed E-state index contributed by atoms with van der Waals surface area (Å²) >= 11 is 3.36. The van der Waals surface area contributed by atoms with E-state index in [1.54, 1.807) is 77.8 Å². The molecule has 2 saturated heterocycles. The number of carbonyl (C=O) groups excluding carboxylic acids is 4. The molecule has 0 saturated carbocycles. The van der Waals surface area contributed by atoms with Crippen LogP contribution in [0.1, 0.15) is 20.7 Å². The van der Waals surface area contributed by atoms with E-state index in [-0.39, 0.29) is 22.9 Å². The summed E-state index contributed by atoms with van der Waals surface area (Å²) in [5.74, 6) is -3.60. The van der Waals surface area contributed by atoms with Gasteiger partial charge in [0.2, 0.25) is 11.8 Å². The standard InChI is InChI=1S/C30H20BrN3O6/c31-20-8-6-18(7-9-20)28(36)26-25-24(29(37)33(30(25)38)21-10-12-22(13-11-21)34(39)40)23-16-19(14-15-32(23)26)27(35)17-4-2-1-3-5-17/h1-16,23-26H/t23-,24-,25+,26-/m1/s1. The highest BCUT2D eigenvalue weighted by molar-refractivity contribution is 9.10. The van der Waals surface area contributed by atoms with Crippen molar-refractivity contribution in [2.75, 3.05) is 4.90 Å². The number of rotatable bonds is 6. The number of anilines is 1. The molecule has 3 aromatic carbocycles. The number of hydrogen-bond acceptors (Lipinski definition) is 7. The third-order valence-corrected chi connectivity index (χ3v) is 8.09. The minimum absolute atomic E-state index is 0.179. The number of Topliss-reactive ketones (excluding diaryl/α,β-unsaturated/α-hetero) is 2. The minimum Gasteiger partial charge on any atom is -0.359 e. The van der Waals surface area contributed by atoms with Crippen LogP contribution in [0.15, 0.2) is 107 Å². The molecule has 2 fully saturated rings. The molecular weight excluding hydrogens is 578 g/mol. The van der Waals surface area contributed by atoms with Gasteiger partial charge in [0.1, 0.15) is 6.04 Å². The van der Waals surface area contributed by atoms with Gasteiger partial charge in [-0.2, -0.15) is 0 Å². The first-order chi connectivity index (χ1) is 19.3. The van der Waals surface area contributed by atoms with Crippen LogP contribution < -0.4 is 4.90 Å². The van der Waals surface area contributed by atoms with Crippen molar-refractivity contribution in [2.45, 2.75) is 12.1 Å². The van der Waals surface area contributed by atoms with E-state index in [1.165, 1.54) is 24.3 Å². The van der Waals surface area contributed by atoms with Gasteiger partial charge in [-0.25, -0.2) is 4.90 Å². The monoisotopic (exact) mass is 597 g/mol. The predicted molar refractivity (Wildman–Crippen MR) is 148 cm³/mol. The summed E-state index contributed by atoms with van der Waals surface area (Å²) < 4.78 is 0.785. The fraction of sp³-hybridized carbons (Fsp3) is 0.133. The summed E-state index contributed by atoms with van der Waals surface area (Å²) in [6.45, 7) is 0. The number of benzene rings is 3. The number of nitro benzene ring substituents is 1. The second kappa shape index (κ2) is 9.80. The zero-order chi connectivity index (χ0) is 28.1. The molecule has 40 heavy (non-hydrogen) atoms. The molecule has 0 radical (unpaired) electrons. The van der Waals surface area contributed by atoms with E-state index in [0.717, 1.165) is 9.37 Å². The summed E-state index contributed by atoms with van der Waals surface area (Å²) in [5, 5.41) is 11.1. The maximum absolute atomic E-state index is 13.9. The van der Waals surface area contributed by atoms with Gasteiger partial charge in [0.05, 0.1) is 28.5 Å². The Balaban J connectivity index is 1.42. The fourth-order valence-corrected chi connectivity index (χ4v) is 5.98. The molecule has 0 spiro atoms. The van der Waals surface area contributed by atoms with E-state index in [1.807, 2.05) is 0 Å². The number of fused-ring (bicyclic) bond motifs is 3. The highest BCUT2D eigenvalue weighted by atomic mass is 79.9. The van der Waals surface area contributed by atoms with Crippen LogP contribution in [-0.4, -0.2) is 45.3 Å². The lowest BCUT2D eigenvalue weighted by molar-refractivity contribution is -0.384. The Hall–Kier alpha value is -4.70. The molecule has 3 aromatic rings. The summed E-state index contributed by atoms with van der Waals surface area (Å²) in [5.41, 5.74) is 1.22. The largest absolute Gasteiger partial charge is 0.359 e. The third-order valence-electron chi connectivity index (χ3n) is 7.56. The van der Waals surface area contributed by atoms with Gasteiger partial charge in [-0.3, -0.25) is 29.3 Å². The van der Waals surface area contributed by atoms with Crippen LogP contribution in [0.2, 0.25) is 0 Å². The van der Waals surface area contributed by atoms with Crippen LogP contribution in [0.25, 0.3) is 0 Å². The first-order valence-corrected chi connectivity index (χ1v) is 13.2. The van der Waals surface area contributed by atoms with Crippen molar-refractivity contribution >= 4 is 50.7 Å². The SMILES string of the molecule is O=C(C1=C[C@@H]2[C@H]3C(=O)N(c4ccc([N+](=O)[O-])cc4)C(=O)[C@@H]3[C@H](C(=O)c3ccc(Br)cc3)N2C=C1)c1ccccc1. The highest BCUT2D eigenvalue weighted by Crippen LogP contribution is 2.47. The average molecular weight is 598 g/mol. The summed E-state index contributed by atoms with van der Waals surface area (Å²) in [6.07, 6.45) is 4.89. The molecule has 9 nitrogen and oxygen atoms in total. The van der Waals surface area contributed by atoms with Crippen molar-refractivity contribution in [1.29, 1.82) is 0 Å². The van der Waals surface area contributed by atoms with E-state index in [9.17, 15) is 29.3 Å². The number of imide groups is 1. The second-order valence-corrected chi connectivity index (χ2v) is 10.6. The number of non-ortho nitro benzene ring substituents is 1. The number of amides is 2. The normalized spacial score (nSPS) is 23.1. The van der Waals surface area contributed by atoms with Gasteiger partial charge in [0.15, 0.2) is 11.6 Å². The maximum atomic E-state index is 13.9. The van der Waals surface area contributed by atoms with Gasteiger partial charge in [0.25, 0.3) is 5.69 Å². The first-order valence-electron chi connectivity index (χ1n) is 12.5. The maximum Gasteiger partial charge on any atom is 0.269 e. The van der Waals surface area contributed by atoms with E-state index in [0.29, 0.717) is 16.7 Å². The summed E-state index contributed by atoms with van der Waals surface area (Å²) in [6, 6.07) is 18.9.